The standard InChI is InChI=1S/C6H6O.C4H9NO/c7-6-4-2-1-3-5-6;1-3(2)4(5)6/h1-5,7H;3H,1-2H3,(H2,5,6). The van der Waals surface area contributed by atoms with Crippen LogP contribution < -0.4 is 5.73 Å². The molecule has 1 aromatic carbocycles. The van der Waals surface area contributed by atoms with Crippen LogP contribution in [0.3, 0.4) is 0 Å². The molecule has 3 nitrogen and oxygen atoms in total. The molecule has 0 atom stereocenters. The van der Waals surface area contributed by atoms with Gasteiger partial charge in [0.25, 0.3) is 0 Å². The summed E-state index contributed by atoms with van der Waals surface area (Å²) in [6.45, 7) is 3.53. The fourth-order valence-electron chi connectivity index (χ4n) is 0.428. The molecular weight excluding hydrogens is 166 g/mol. The van der Waals surface area contributed by atoms with Crippen molar-refractivity contribution in [2.24, 2.45) is 11.7 Å². The van der Waals surface area contributed by atoms with Gasteiger partial charge < -0.3 is 10.8 Å². The molecule has 0 aromatic heterocycles. The third-order valence-corrected chi connectivity index (χ3v) is 1.33. The molecule has 0 saturated heterocycles. The Labute approximate surface area is 78.2 Å². The topological polar surface area (TPSA) is 63.3 Å². The van der Waals surface area contributed by atoms with Crippen molar-refractivity contribution in [3.8, 4) is 5.75 Å². The average molecular weight is 181 g/mol. The van der Waals surface area contributed by atoms with Gasteiger partial charge in [-0.15, -0.1) is 0 Å². The maximum Gasteiger partial charge on any atom is 0.219 e. The van der Waals surface area contributed by atoms with Crippen molar-refractivity contribution < 1.29 is 9.90 Å². The predicted molar refractivity (Wildman–Crippen MR) is 52.1 cm³/mol. The number of benzene rings is 1. The normalized spacial score (nSPS) is 8.85. The van der Waals surface area contributed by atoms with Crippen molar-refractivity contribution in [3.05, 3.63) is 30.3 Å². The lowest BCUT2D eigenvalue weighted by atomic mass is 10.2. The lowest BCUT2D eigenvalue weighted by molar-refractivity contribution is -0.120. The molecular formula is C10H15NO2. The minimum Gasteiger partial charge on any atom is -0.508 e. The van der Waals surface area contributed by atoms with E-state index in [2.05, 4.69) is 0 Å². The van der Waals surface area contributed by atoms with Crippen molar-refractivity contribution in [2.75, 3.05) is 0 Å². The van der Waals surface area contributed by atoms with Gasteiger partial charge in [0.05, 0.1) is 0 Å². The highest BCUT2D eigenvalue weighted by molar-refractivity contribution is 5.75. The maximum atomic E-state index is 9.92. The molecule has 0 bridgehead atoms. The van der Waals surface area contributed by atoms with Gasteiger partial charge in [-0.2, -0.15) is 0 Å². The number of aromatic hydroxyl groups is 1. The third kappa shape index (κ3) is 6.87. The zero-order valence-electron chi connectivity index (χ0n) is 7.90. The van der Waals surface area contributed by atoms with E-state index in [1.807, 2.05) is 6.07 Å². The summed E-state index contributed by atoms with van der Waals surface area (Å²) in [6.07, 6.45) is 0. The van der Waals surface area contributed by atoms with Crippen LogP contribution in [0.4, 0.5) is 0 Å². The number of phenols is 1. The number of carbonyl (C=O) groups is 1. The Morgan fingerprint density at radius 3 is 1.85 bits per heavy atom. The summed E-state index contributed by atoms with van der Waals surface area (Å²) in [5.41, 5.74) is 4.80. The van der Waals surface area contributed by atoms with Crippen LogP contribution in [-0.4, -0.2) is 11.0 Å². The van der Waals surface area contributed by atoms with E-state index in [4.69, 9.17) is 10.8 Å². The molecule has 1 rings (SSSR count). The molecule has 0 aliphatic carbocycles. The van der Waals surface area contributed by atoms with Gasteiger partial charge in [-0.1, -0.05) is 32.0 Å². The third-order valence-electron chi connectivity index (χ3n) is 1.33. The van der Waals surface area contributed by atoms with Gasteiger partial charge >= 0.3 is 0 Å². The minimum absolute atomic E-state index is 0.00926. The van der Waals surface area contributed by atoms with Crippen LogP contribution in [0.2, 0.25) is 0 Å². The molecule has 13 heavy (non-hydrogen) atoms. The number of hydrogen-bond donors (Lipinski definition) is 2. The van der Waals surface area contributed by atoms with Gasteiger partial charge in [0.1, 0.15) is 5.75 Å². The first kappa shape index (κ1) is 11.5. The second kappa shape index (κ2) is 6.06. The van der Waals surface area contributed by atoms with Crippen LogP contribution in [0, 0.1) is 5.92 Å². The monoisotopic (exact) mass is 181 g/mol. The van der Waals surface area contributed by atoms with Gasteiger partial charge in [0.15, 0.2) is 0 Å². The average Bonchev–Trinajstić information content (AvgIpc) is 2.06. The first-order valence-electron chi connectivity index (χ1n) is 4.07. The largest absolute Gasteiger partial charge is 0.508 e. The van der Waals surface area contributed by atoms with Gasteiger partial charge in [-0.25, -0.2) is 0 Å². The predicted octanol–water partition coefficient (Wildman–Crippen LogP) is 1.52. The number of nitrogens with two attached hydrogens (primary N) is 1. The summed E-state index contributed by atoms with van der Waals surface area (Å²) in [5.74, 6) is 0.0718. The van der Waals surface area contributed by atoms with Crippen molar-refractivity contribution in [2.45, 2.75) is 13.8 Å². The van der Waals surface area contributed by atoms with Crippen LogP contribution in [0.25, 0.3) is 0 Å². The van der Waals surface area contributed by atoms with Crippen LogP contribution in [-0.2, 0) is 4.79 Å². The number of rotatable bonds is 1. The van der Waals surface area contributed by atoms with Crippen molar-refractivity contribution in [1.82, 2.24) is 0 Å². The smallest absolute Gasteiger partial charge is 0.219 e. The molecule has 72 valence electrons. The summed E-state index contributed by atoms with van der Waals surface area (Å²) in [6, 6.07) is 8.71. The SMILES string of the molecule is CC(C)C(N)=O.Oc1ccccc1. The Morgan fingerprint density at radius 2 is 1.69 bits per heavy atom. The summed E-state index contributed by atoms with van der Waals surface area (Å²) >= 11 is 0. The second-order valence-electron chi connectivity index (χ2n) is 2.89. The van der Waals surface area contributed by atoms with E-state index < -0.39 is 0 Å². The molecule has 1 amide bonds. The first-order chi connectivity index (χ1) is 6.04. The van der Waals surface area contributed by atoms with E-state index in [1.54, 1.807) is 38.1 Å². The first-order valence-corrected chi connectivity index (χ1v) is 4.07. The summed E-state index contributed by atoms with van der Waals surface area (Å²) < 4.78 is 0. The number of amides is 1. The van der Waals surface area contributed by atoms with E-state index >= 15 is 0 Å². The van der Waals surface area contributed by atoms with E-state index in [9.17, 15) is 4.79 Å². The minimum atomic E-state index is -0.241. The molecule has 0 fully saturated rings. The second-order valence-corrected chi connectivity index (χ2v) is 2.89. The Bertz CT molecular complexity index is 244. The highest BCUT2D eigenvalue weighted by Crippen LogP contribution is 2.02. The molecule has 0 aliphatic heterocycles. The summed E-state index contributed by atoms with van der Waals surface area (Å²) in [7, 11) is 0. The Hall–Kier alpha value is -1.51. The van der Waals surface area contributed by atoms with Crippen molar-refractivity contribution in [3.63, 3.8) is 0 Å². The number of carbonyl (C=O) groups excluding carboxylic acids is 1. The Balaban J connectivity index is 0.000000226. The maximum absolute atomic E-state index is 9.92. The molecule has 0 spiro atoms. The molecule has 0 saturated carbocycles. The Kier molecular flexibility index (Phi) is 5.35. The van der Waals surface area contributed by atoms with Gasteiger partial charge in [0, 0.05) is 5.92 Å². The van der Waals surface area contributed by atoms with E-state index in [-0.39, 0.29) is 11.8 Å². The van der Waals surface area contributed by atoms with Crippen LogP contribution >= 0.6 is 0 Å². The van der Waals surface area contributed by atoms with Gasteiger partial charge in [-0.3, -0.25) is 4.79 Å². The lowest BCUT2D eigenvalue weighted by Crippen LogP contribution is -2.17. The van der Waals surface area contributed by atoms with E-state index in [0.717, 1.165) is 0 Å². The van der Waals surface area contributed by atoms with Crippen molar-refractivity contribution in [1.29, 1.82) is 0 Å². The molecule has 3 N–H and O–H groups in total. The highest BCUT2D eigenvalue weighted by Gasteiger charge is 1.96. The molecule has 3 heteroatoms. The Morgan fingerprint density at radius 1 is 1.31 bits per heavy atom. The highest BCUT2D eigenvalue weighted by atomic mass is 16.3. The summed E-state index contributed by atoms with van der Waals surface area (Å²) in [5, 5.41) is 8.63. The van der Waals surface area contributed by atoms with Crippen molar-refractivity contribution >= 4 is 5.91 Å². The van der Waals surface area contributed by atoms with E-state index in [0.29, 0.717) is 5.75 Å². The molecule has 1 aromatic rings. The summed E-state index contributed by atoms with van der Waals surface area (Å²) in [4.78, 5) is 9.92. The van der Waals surface area contributed by atoms with Crippen LogP contribution in [0.1, 0.15) is 13.8 Å². The van der Waals surface area contributed by atoms with E-state index in [1.165, 1.54) is 0 Å². The fourth-order valence-corrected chi connectivity index (χ4v) is 0.428. The quantitative estimate of drug-likeness (QED) is 0.690. The number of hydrogen-bond acceptors (Lipinski definition) is 2. The zero-order chi connectivity index (χ0) is 10.3. The lowest BCUT2D eigenvalue weighted by Gasteiger charge is -1.90. The number of para-hydroxylation sites is 1. The van der Waals surface area contributed by atoms with Crippen LogP contribution in [0.15, 0.2) is 30.3 Å². The molecule has 0 radical (unpaired) electrons. The fraction of sp³-hybridized carbons (Fsp3) is 0.300. The van der Waals surface area contributed by atoms with Gasteiger partial charge in [0.2, 0.25) is 5.91 Å². The van der Waals surface area contributed by atoms with Crippen LogP contribution in [0.5, 0.6) is 5.75 Å². The zero-order valence-corrected chi connectivity index (χ0v) is 7.90. The number of phenolic OH excluding ortho intramolecular Hbond substituents is 1. The molecule has 0 aliphatic rings. The molecule has 0 heterocycles. The molecule has 0 unspecified atom stereocenters. The number of primary amides is 1. The van der Waals surface area contributed by atoms with Gasteiger partial charge in [-0.05, 0) is 12.1 Å².